The number of hydrogen-bond acceptors (Lipinski definition) is 3. The molecule has 5 rings (SSSR count). The summed E-state index contributed by atoms with van der Waals surface area (Å²) in [4.78, 5) is 41.5. The lowest BCUT2D eigenvalue weighted by Crippen LogP contribution is -2.57. The highest BCUT2D eigenvalue weighted by Crippen LogP contribution is 2.66. The van der Waals surface area contributed by atoms with Crippen LogP contribution >= 0.6 is 0 Å². The van der Waals surface area contributed by atoms with E-state index in [1.807, 2.05) is 39.8 Å². The van der Waals surface area contributed by atoms with Crippen molar-refractivity contribution >= 4 is 17.3 Å². The van der Waals surface area contributed by atoms with Crippen LogP contribution in [0.25, 0.3) is 0 Å². The number of aryl methyl sites for hydroxylation is 1. The van der Waals surface area contributed by atoms with E-state index in [0.717, 1.165) is 51.0 Å². The van der Waals surface area contributed by atoms with Crippen molar-refractivity contribution in [2.45, 2.75) is 94.4 Å². The molecule has 0 fully saturated rings. The van der Waals surface area contributed by atoms with Crippen LogP contribution in [-0.2, 0) is 16.0 Å². The van der Waals surface area contributed by atoms with Gasteiger partial charge in [-0.1, -0.05) is 68.4 Å². The average molecular weight is 547 g/mol. The molecule has 3 aliphatic rings. The Bertz CT molecular complexity index is 1670. The summed E-state index contributed by atoms with van der Waals surface area (Å²) in [6.07, 6.45) is 2.14. The molecule has 0 aromatic heterocycles. The zero-order valence-electron chi connectivity index (χ0n) is 26.3. The lowest BCUT2D eigenvalue weighted by Gasteiger charge is -2.59. The van der Waals surface area contributed by atoms with Crippen LogP contribution in [0.2, 0.25) is 0 Å². The summed E-state index contributed by atoms with van der Waals surface area (Å²) in [5.74, 6) is 6.64. The molecule has 0 saturated carbocycles. The lowest BCUT2D eigenvalue weighted by molar-refractivity contribution is -0.134. The second-order valence-corrected chi connectivity index (χ2v) is 13.9. The molecule has 0 radical (unpaired) electrons. The predicted octanol–water partition coefficient (Wildman–Crippen LogP) is 8.18. The molecule has 3 nitrogen and oxygen atoms in total. The highest BCUT2D eigenvalue weighted by atomic mass is 16.2. The van der Waals surface area contributed by atoms with Crippen LogP contribution in [0.4, 0.5) is 0 Å². The van der Waals surface area contributed by atoms with Gasteiger partial charge in [0.2, 0.25) is 0 Å². The minimum Gasteiger partial charge on any atom is -0.294 e. The summed E-state index contributed by atoms with van der Waals surface area (Å²) < 4.78 is 0. The molecule has 0 amide bonds. The lowest BCUT2D eigenvalue weighted by atomic mass is 9.42. The molecular formula is C38H42O3. The number of rotatable bonds is 2. The molecule has 212 valence electrons. The fourth-order valence-corrected chi connectivity index (χ4v) is 8.43. The molecule has 3 atom stereocenters. The fraction of sp³-hybridized carbons (Fsp3) is 0.447. The highest BCUT2D eigenvalue weighted by molar-refractivity contribution is 6.24. The van der Waals surface area contributed by atoms with E-state index < -0.39 is 10.8 Å². The Morgan fingerprint density at radius 1 is 0.927 bits per heavy atom. The fourth-order valence-electron chi connectivity index (χ4n) is 8.43. The minimum atomic E-state index is -0.910. The van der Waals surface area contributed by atoms with E-state index in [2.05, 4.69) is 64.7 Å². The van der Waals surface area contributed by atoms with Crippen LogP contribution in [0.15, 0.2) is 52.6 Å². The largest absolute Gasteiger partial charge is 0.294 e. The van der Waals surface area contributed by atoms with Crippen molar-refractivity contribution in [3.63, 3.8) is 0 Å². The van der Waals surface area contributed by atoms with Gasteiger partial charge in [-0.2, -0.15) is 0 Å². The first-order valence-electron chi connectivity index (χ1n) is 14.8. The van der Waals surface area contributed by atoms with Gasteiger partial charge in [-0.3, -0.25) is 14.4 Å². The van der Waals surface area contributed by atoms with Gasteiger partial charge < -0.3 is 0 Å². The van der Waals surface area contributed by atoms with Crippen LogP contribution in [0.5, 0.6) is 0 Å². The minimum absolute atomic E-state index is 0.0244. The number of ketones is 3. The third-order valence-corrected chi connectivity index (χ3v) is 10.6. The average Bonchev–Trinajstić information content (AvgIpc) is 2.86. The van der Waals surface area contributed by atoms with Crippen molar-refractivity contribution in [1.29, 1.82) is 0 Å². The van der Waals surface area contributed by atoms with Crippen LogP contribution in [0.3, 0.4) is 0 Å². The van der Waals surface area contributed by atoms with E-state index in [-0.39, 0.29) is 28.7 Å². The molecular weight excluding hydrogens is 504 g/mol. The standard InChI is InChI=1S/C38H42O3/c1-21(2)29-17-28(16-15-27-13-11-22(3)12-14-27)24(5)32-30(29)19-36(8)20-37(9)18-23(4)31(26(7)39)35(41)38(37,10)25(6)33(36)34(32)40/h11-14,17,21H,18-20H2,1-10H3. The maximum absolute atomic E-state index is 14.7. The summed E-state index contributed by atoms with van der Waals surface area (Å²) in [5.41, 5.74) is 8.08. The van der Waals surface area contributed by atoms with Gasteiger partial charge in [-0.25, -0.2) is 0 Å². The number of Topliss-reactive ketones (excluding diaryl/α,β-unsaturated/α-hetero) is 3. The summed E-state index contributed by atoms with van der Waals surface area (Å²) >= 11 is 0. The molecule has 0 aliphatic heterocycles. The quantitative estimate of drug-likeness (QED) is 0.282. The number of hydrogen-bond donors (Lipinski definition) is 0. The summed E-state index contributed by atoms with van der Waals surface area (Å²) in [6, 6.07) is 10.4. The van der Waals surface area contributed by atoms with Gasteiger partial charge in [0.1, 0.15) is 0 Å². The van der Waals surface area contributed by atoms with Crippen molar-refractivity contribution in [1.82, 2.24) is 0 Å². The van der Waals surface area contributed by atoms with E-state index in [1.165, 1.54) is 18.1 Å². The van der Waals surface area contributed by atoms with Crippen molar-refractivity contribution in [3.05, 3.63) is 91.6 Å². The summed E-state index contributed by atoms with van der Waals surface area (Å²) in [5, 5.41) is 0. The normalized spacial score (nSPS) is 27.3. The first-order valence-corrected chi connectivity index (χ1v) is 14.8. The maximum atomic E-state index is 14.7. The topological polar surface area (TPSA) is 51.2 Å². The molecule has 0 bridgehead atoms. The van der Waals surface area contributed by atoms with Crippen LogP contribution in [-0.4, -0.2) is 17.3 Å². The number of allylic oxidation sites excluding steroid dienone is 4. The zero-order valence-corrected chi connectivity index (χ0v) is 26.3. The monoisotopic (exact) mass is 546 g/mol. The van der Waals surface area contributed by atoms with Gasteiger partial charge in [0.25, 0.3) is 0 Å². The van der Waals surface area contributed by atoms with Crippen molar-refractivity contribution in [2.24, 2.45) is 16.2 Å². The first-order chi connectivity index (χ1) is 19.1. The number of fused-ring (bicyclic) bond motifs is 3. The number of benzene rings is 2. The Balaban J connectivity index is 1.74. The van der Waals surface area contributed by atoms with Gasteiger partial charge >= 0.3 is 0 Å². The number of carbonyl (C=O) groups is 3. The van der Waals surface area contributed by atoms with Crippen molar-refractivity contribution in [3.8, 4) is 11.8 Å². The number of carbonyl (C=O) groups excluding carboxylic acids is 3. The Morgan fingerprint density at radius 3 is 2.15 bits per heavy atom. The van der Waals surface area contributed by atoms with E-state index in [0.29, 0.717) is 18.4 Å². The maximum Gasteiger partial charge on any atom is 0.190 e. The van der Waals surface area contributed by atoms with Gasteiger partial charge in [0.15, 0.2) is 17.3 Å². The van der Waals surface area contributed by atoms with Gasteiger partial charge in [0.05, 0.1) is 11.0 Å². The van der Waals surface area contributed by atoms with E-state index in [4.69, 9.17) is 0 Å². The van der Waals surface area contributed by atoms with E-state index >= 15 is 0 Å². The molecule has 3 unspecified atom stereocenters. The van der Waals surface area contributed by atoms with Crippen molar-refractivity contribution < 1.29 is 14.4 Å². The Labute approximate surface area is 245 Å². The molecule has 0 spiro atoms. The smallest absolute Gasteiger partial charge is 0.190 e. The molecule has 0 saturated heterocycles. The second kappa shape index (κ2) is 9.52. The summed E-state index contributed by atoms with van der Waals surface area (Å²) in [7, 11) is 0. The molecule has 3 heteroatoms. The summed E-state index contributed by atoms with van der Waals surface area (Å²) in [6.45, 7) is 20.2. The zero-order chi connectivity index (χ0) is 30.2. The third-order valence-electron chi connectivity index (χ3n) is 10.6. The molecule has 3 aliphatic carbocycles. The predicted molar refractivity (Wildman–Crippen MR) is 165 cm³/mol. The van der Waals surface area contributed by atoms with Gasteiger partial charge in [0, 0.05) is 27.7 Å². The van der Waals surface area contributed by atoms with E-state index in [1.54, 1.807) is 0 Å². The third kappa shape index (κ3) is 4.13. The van der Waals surface area contributed by atoms with E-state index in [9.17, 15) is 14.4 Å². The van der Waals surface area contributed by atoms with Crippen molar-refractivity contribution in [2.75, 3.05) is 0 Å². The molecule has 2 aromatic carbocycles. The van der Waals surface area contributed by atoms with Gasteiger partial charge in [-0.05, 0) is 107 Å². The molecule has 0 heterocycles. The van der Waals surface area contributed by atoms with Gasteiger partial charge in [-0.15, -0.1) is 0 Å². The van der Waals surface area contributed by atoms with Crippen LogP contribution in [0.1, 0.15) is 118 Å². The molecule has 41 heavy (non-hydrogen) atoms. The van der Waals surface area contributed by atoms with Crippen LogP contribution in [0, 0.1) is 41.9 Å². The molecule has 0 N–H and O–H groups in total. The Kier molecular flexibility index (Phi) is 6.73. The van der Waals surface area contributed by atoms with Crippen LogP contribution < -0.4 is 0 Å². The SMILES string of the molecule is CC(=O)C1=C(C)CC2(C)CC3(C)Cc4c(C(C)C)cc(C#Cc5ccc(C)cc5)c(C)c4C(=O)C3=C(C)C2(C)C1=O. The Hall–Kier alpha value is -3.51. The first kappa shape index (κ1) is 29.0. The second-order valence-electron chi connectivity index (χ2n) is 13.9. The Morgan fingerprint density at radius 2 is 1.56 bits per heavy atom. The molecule has 2 aromatic rings. The highest BCUT2D eigenvalue weighted by Gasteiger charge is 2.63.